The second-order valence-electron chi connectivity index (χ2n) is 2.32. The van der Waals surface area contributed by atoms with Crippen molar-refractivity contribution in [2.75, 3.05) is 0 Å². The molecule has 0 radical (unpaired) electrons. The predicted octanol–water partition coefficient (Wildman–Crippen LogP) is 0.195. The van der Waals surface area contributed by atoms with Crippen LogP contribution >= 0.6 is 0 Å². The Hall–Kier alpha value is -1.79. The summed E-state index contributed by atoms with van der Waals surface area (Å²) in [5.74, 6) is 1.99. The number of aromatic amines is 1. The van der Waals surface area contributed by atoms with E-state index < -0.39 is 0 Å². The summed E-state index contributed by atoms with van der Waals surface area (Å²) in [6, 6.07) is 0. The smallest absolute Gasteiger partial charge is 0.223 e. The van der Waals surface area contributed by atoms with Crippen LogP contribution in [0.4, 0.5) is 0 Å². The van der Waals surface area contributed by atoms with Crippen LogP contribution in [0.2, 0.25) is 0 Å². The van der Waals surface area contributed by atoms with Crippen molar-refractivity contribution in [1.29, 1.82) is 0 Å². The van der Waals surface area contributed by atoms with E-state index in [9.17, 15) is 0 Å². The van der Waals surface area contributed by atoms with E-state index in [0.717, 1.165) is 0 Å². The SMILES string of the molecule is Cc1nn[nH]n1.Cc1noc(C)n1. The molecular weight excluding hydrogens is 172 g/mol. The van der Waals surface area contributed by atoms with Crippen LogP contribution in [0.25, 0.3) is 0 Å². The van der Waals surface area contributed by atoms with Crippen molar-refractivity contribution in [3.63, 3.8) is 0 Å². The fourth-order valence-corrected chi connectivity index (χ4v) is 0.613. The number of tetrazole rings is 1. The van der Waals surface area contributed by atoms with Gasteiger partial charge in [0.25, 0.3) is 0 Å². The molecule has 0 aliphatic rings. The van der Waals surface area contributed by atoms with E-state index in [1.165, 1.54) is 0 Å². The number of aromatic nitrogens is 6. The highest BCUT2D eigenvalue weighted by molar-refractivity contribution is 4.77. The lowest BCUT2D eigenvalue weighted by atomic mass is 10.7. The lowest BCUT2D eigenvalue weighted by Gasteiger charge is -1.64. The Labute approximate surface area is 74.5 Å². The zero-order chi connectivity index (χ0) is 9.68. The van der Waals surface area contributed by atoms with Gasteiger partial charge in [0.2, 0.25) is 5.89 Å². The topological polar surface area (TPSA) is 93.4 Å². The summed E-state index contributed by atoms with van der Waals surface area (Å²) in [5, 5.41) is 16.3. The van der Waals surface area contributed by atoms with Crippen molar-refractivity contribution in [3.05, 3.63) is 17.5 Å². The molecule has 70 valence electrons. The van der Waals surface area contributed by atoms with Crippen LogP contribution < -0.4 is 0 Å². The largest absolute Gasteiger partial charge is 0.340 e. The number of aryl methyl sites for hydroxylation is 3. The molecule has 7 nitrogen and oxygen atoms in total. The molecule has 0 atom stereocenters. The molecule has 0 saturated carbocycles. The lowest BCUT2D eigenvalue weighted by Crippen LogP contribution is -1.70. The van der Waals surface area contributed by atoms with Gasteiger partial charge in [-0.1, -0.05) is 10.4 Å². The lowest BCUT2D eigenvalue weighted by molar-refractivity contribution is 0.389. The molecule has 0 bridgehead atoms. The van der Waals surface area contributed by atoms with Crippen LogP contribution in [-0.4, -0.2) is 30.8 Å². The first-order valence-corrected chi connectivity index (χ1v) is 3.65. The van der Waals surface area contributed by atoms with Gasteiger partial charge in [0.05, 0.1) is 0 Å². The van der Waals surface area contributed by atoms with E-state index in [1.54, 1.807) is 20.8 Å². The monoisotopic (exact) mass is 182 g/mol. The zero-order valence-electron chi connectivity index (χ0n) is 7.64. The number of rotatable bonds is 0. The molecule has 0 fully saturated rings. The van der Waals surface area contributed by atoms with Crippen LogP contribution in [-0.2, 0) is 0 Å². The van der Waals surface area contributed by atoms with Gasteiger partial charge in [-0.3, -0.25) is 0 Å². The minimum Gasteiger partial charge on any atom is -0.340 e. The summed E-state index contributed by atoms with van der Waals surface area (Å²) in [6.07, 6.45) is 0. The highest BCUT2D eigenvalue weighted by Crippen LogP contribution is 1.89. The van der Waals surface area contributed by atoms with Gasteiger partial charge in [0.1, 0.15) is 0 Å². The zero-order valence-corrected chi connectivity index (χ0v) is 7.64. The van der Waals surface area contributed by atoms with E-state index in [-0.39, 0.29) is 0 Å². The Balaban J connectivity index is 0.000000132. The van der Waals surface area contributed by atoms with Gasteiger partial charge in [0, 0.05) is 6.92 Å². The summed E-state index contributed by atoms with van der Waals surface area (Å²) >= 11 is 0. The fourth-order valence-electron chi connectivity index (χ4n) is 0.613. The second-order valence-corrected chi connectivity index (χ2v) is 2.32. The number of H-pyrrole nitrogens is 1. The molecule has 13 heavy (non-hydrogen) atoms. The number of hydrogen-bond donors (Lipinski definition) is 1. The highest BCUT2D eigenvalue weighted by atomic mass is 16.5. The summed E-state index contributed by atoms with van der Waals surface area (Å²) in [4.78, 5) is 3.83. The molecule has 2 aromatic heterocycles. The third-order valence-electron chi connectivity index (χ3n) is 1.08. The molecule has 0 unspecified atom stereocenters. The molecule has 2 rings (SSSR count). The fraction of sp³-hybridized carbons (Fsp3) is 0.500. The minimum absolute atomic E-state index is 0.623. The molecule has 1 N–H and O–H groups in total. The standard InChI is InChI=1S/C4H6N2O.C2H4N4/c1-3-5-4(2)7-6-3;1-2-3-5-6-4-2/h1-2H3;1H3,(H,3,4,5,6). The van der Waals surface area contributed by atoms with Gasteiger partial charge in [-0.15, -0.1) is 10.2 Å². The maximum absolute atomic E-state index is 4.60. The van der Waals surface area contributed by atoms with E-state index in [4.69, 9.17) is 0 Å². The van der Waals surface area contributed by atoms with Gasteiger partial charge < -0.3 is 4.52 Å². The van der Waals surface area contributed by atoms with Gasteiger partial charge >= 0.3 is 0 Å². The van der Waals surface area contributed by atoms with Gasteiger partial charge in [-0.25, -0.2) is 0 Å². The average molecular weight is 182 g/mol. The van der Waals surface area contributed by atoms with E-state index in [1.807, 2.05) is 0 Å². The van der Waals surface area contributed by atoms with Crippen molar-refractivity contribution >= 4 is 0 Å². The third-order valence-corrected chi connectivity index (χ3v) is 1.08. The van der Waals surface area contributed by atoms with E-state index >= 15 is 0 Å². The molecule has 7 heteroatoms. The van der Waals surface area contributed by atoms with Crippen LogP contribution in [0.3, 0.4) is 0 Å². The quantitative estimate of drug-likeness (QED) is 0.625. The van der Waals surface area contributed by atoms with Crippen molar-refractivity contribution in [2.45, 2.75) is 20.8 Å². The minimum atomic E-state index is 0.623. The van der Waals surface area contributed by atoms with Crippen LogP contribution in [0.5, 0.6) is 0 Å². The Bertz CT molecular complexity index is 323. The molecule has 0 spiro atoms. The van der Waals surface area contributed by atoms with Gasteiger partial charge in [-0.05, 0) is 13.8 Å². The Kier molecular flexibility index (Phi) is 3.07. The maximum atomic E-state index is 4.60. The molecule has 0 aliphatic carbocycles. The number of nitrogens with zero attached hydrogens (tertiary/aromatic N) is 5. The van der Waals surface area contributed by atoms with Crippen LogP contribution in [0, 0.1) is 20.8 Å². The van der Waals surface area contributed by atoms with Crippen molar-refractivity contribution < 1.29 is 4.52 Å². The molecular formula is C6H10N6O. The average Bonchev–Trinajstić information content (AvgIpc) is 2.64. The van der Waals surface area contributed by atoms with Crippen molar-refractivity contribution in [3.8, 4) is 0 Å². The normalized spacial score (nSPS) is 9.15. The molecule has 2 heterocycles. The first-order chi connectivity index (χ1) is 6.18. The Morgan fingerprint density at radius 3 is 2.08 bits per heavy atom. The first kappa shape index (κ1) is 9.30. The second kappa shape index (κ2) is 4.29. The predicted molar refractivity (Wildman–Crippen MR) is 42.7 cm³/mol. The number of nitrogens with one attached hydrogen (secondary N) is 1. The summed E-state index contributed by atoms with van der Waals surface area (Å²) < 4.78 is 4.60. The third kappa shape index (κ3) is 3.41. The maximum Gasteiger partial charge on any atom is 0.223 e. The first-order valence-electron chi connectivity index (χ1n) is 3.65. The molecule has 0 aromatic carbocycles. The van der Waals surface area contributed by atoms with Crippen molar-refractivity contribution in [1.82, 2.24) is 30.8 Å². The molecule has 0 amide bonds. The molecule has 2 aromatic rings. The van der Waals surface area contributed by atoms with E-state index in [0.29, 0.717) is 17.5 Å². The number of hydrogen-bond acceptors (Lipinski definition) is 6. The van der Waals surface area contributed by atoms with Crippen LogP contribution in [0.1, 0.15) is 17.5 Å². The molecule has 0 saturated heterocycles. The Morgan fingerprint density at radius 2 is 1.92 bits per heavy atom. The summed E-state index contributed by atoms with van der Waals surface area (Å²) in [7, 11) is 0. The summed E-state index contributed by atoms with van der Waals surface area (Å²) in [5.41, 5.74) is 0. The van der Waals surface area contributed by atoms with Crippen LogP contribution in [0.15, 0.2) is 4.52 Å². The van der Waals surface area contributed by atoms with E-state index in [2.05, 4.69) is 35.3 Å². The van der Waals surface area contributed by atoms with Gasteiger partial charge in [-0.2, -0.15) is 10.2 Å². The Morgan fingerprint density at radius 1 is 1.15 bits per heavy atom. The van der Waals surface area contributed by atoms with Gasteiger partial charge in [0.15, 0.2) is 11.6 Å². The summed E-state index contributed by atoms with van der Waals surface area (Å²) in [6.45, 7) is 5.32. The highest BCUT2D eigenvalue weighted by Gasteiger charge is 1.89. The van der Waals surface area contributed by atoms with Crippen molar-refractivity contribution in [2.24, 2.45) is 0 Å². The molecule has 0 aliphatic heterocycles.